The van der Waals surface area contributed by atoms with Crippen molar-refractivity contribution in [3.63, 3.8) is 0 Å². The number of rotatable bonds is 5. The molecule has 0 bridgehead atoms. The topological polar surface area (TPSA) is 57.6 Å². The highest BCUT2D eigenvalue weighted by atomic mass is 19.4. The van der Waals surface area contributed by atoms with Gasteiger partial charge in [0.15, 0.2) is 0 Å². The summed E-state index contributed by atoms with van der Waals surface area (Å²) in [4.78, 5) is 23.9. The van der Waals surface area contributed by atoms with Gasteiger partial charge in [0, 0.05) is 17.8 Å². The molecule has 0 aliphatic carbocycles. The van der Waals surface area contributed by atoms with Crippen LogP contribution in [0.25, 0.3) is 0 Å². The molecule has 25 heavy (non-hydrogen) atoms. The van der Waals surface area contributed by atoms with Crippen molar-refractivity contribution in [1.29, 1.82) is 0 Å². The molecule has 1 amide bonds. The third kappa shape index (κ3) is 4.12. The highest BCUT2D eigenvalue weighted by Crippen LogP contribution is 2.50. The Kier molecular flexibility index (Phi) is 5.89. The third-order valence-electron chi connectivity index (χ3n) is 3.43. The van der Waals surface area contributed by atoms with Gasteiger partial charge in [-0.15, -0.1) is 0 Å². The molecule has 0 saturated heterocycles. The van der Waals surface area contributed by atoms with Gasteiger partial charge in [-0.1, -0.05) is 12.1 Å². The Bertz CT molecular complexity index is 622. The number of carbonyl (C=O) groups excluding carboxylic acids is 2. The minimum atomic E-state index is -5.98. The second kappa shape index (κ2) is 7.03. The number of ketones is 1. The molecule has 1 aromatic carbocycles. The molecule has 140 valence electrons. The molecule has 4 nitrogen and oxygen atoms in total. The van der Waals surface area contributed by atoms with Crippen LogP contribution < -0.4 is 4.90 Å². The fourth-order valence-corrected chi connectivity index (χ4v) is 2.18. The van der Waals surface area contributed by atoms with E-state index in [0.29, 0.717) is 12.1 Å². The van der Waals surface area contributed by atoms with Gasteiger partial charge >= 0.3 is 12.4 Å². The van der Waals surface area contributed by atoms with Crippen LogP contribution in [-0.4, -0.2) is 35.7 Å². The maximum Gasteiger partial charge on any atom is 0.430 e. The molecule has 0 spiro atoms. The summed E-state index contributed by atoms with van der Waals surface area (Å²) < 4.78 is 76.9. The van der Waals surface area contributed by atoms with Crippen LogP contribution in [0.2, 0.25) is 0 Å². The zero-order valence-electron chi connectivity index (χ0n) is 13.2. The van der Waals surface area contributed by atoms with Crippen LogP contribution in [0.4, 0.5) is 32.0 Å². The number of nitrogens with zero attached hydrogens (tertiary/aromatic N) is 1. The zero-order valence-corrected chi connectivity index (χ0v) is 13.2. The molecule has 0 aliphatic rings. The average Bonchev–Trinajstić information content (AvgIpc) is 2.44. The summed E-state index contributed by atoms with van der Waals surface area (Å²) in [6.07, 6.45) is -12.4. The van der Waals surface area contributed by atoms with Gasteiger partial charge in [-0.3, -0.25) is 9.59 Å². The molecule has 0 fully saturated rings. The van der Waals surface area contributed by atoms with Crippen LogP contribution in [-0.2, 0) is 15.2 Å². The lowest BCUT2D eigenvalue weighted by molar-refractivity contribution is -0.376. The highest BCUT2D eigenvalue weighted by Gasteiger charge is 2.71. The minimum absolute atomic E-state index is 0.00389. The molecule has 0 unspecified atom stereocenters. The molecule has 1 N–H and O–H groups in total. The summed E-state index contributed by atoms with van der Waals surface area (Å²) in [5.41, 5.74) is -6.45. The van der Waals surface area contributed by atoms with Crippen molar-refractivity contribution in [1.82, 2.24) is 0 Å². The predicted octanol–water partition coefficient (Wildman–Crippen LogP) is 3.33. The summed E-state index contributed by atoms with van der Waals surface area (Å²) in [6, 6.07) is 2.58. The summed E-state index contributed by atoms with van der Waals surface area (Å²) in [7, 11) is 0. The Morgan fingerprint density at radius 2 is 1.44 bits per heavy atom. The van der Waals surface area contributed by atoms with Gasteiger partial charge < -0.3 is 10.0 Å². The number of Topliss-reactive ketones (excluding diaryl/α,β-unsaturated/α-hetero) is 1. The van der Waals surface area contributed by atoms with Gasteiger partial charge in [-0.25, -0.2) is 0 Å². The zero-order chi connectivity index (χ0) is 19.6. The quantitative estimate of drug-likeness (QED) is 0.638. The number of carbonyl (C=O) groups is 2. The van der Waals surface area contributed by atoms with Gasteiger partial charge in [0.05, 0.1) is 6.42 Å². The van der Waals surface area contributed by atoms with Gasteiger partial charge in [0.2, 0.25) is 5.91 Å². The van der Waals surface area contributed by atoms with E-state index >= 15 is 0 Å². The molecule has 0 saturated carbocycles. The van der Waals surface area contributed by atoms with Crippen molar-refractivity contribution in [3.05, 3.63) is 29.8 Å². The molecule has 0 aliphatic heterocycles. The maximum atomic E-state index is 12.8. The molecule has 1 aromatic rings. The molecule has 1 rings (SSSR count). The second-order valence-corrected chi connectivity index (χ2v) is 5.27. The van der Waals surface area contributed by atoms with Crippen LogP contribution >= 0.6 is 0 Å². The van der Waals surface area contributed by atoms with Gasteiger partial charge in [0.25, 0.3) is 5.60 Å². The number of halogens is 6. The Balaban J connectivity index is 3.28. The van der Waals surface area contributed by atoms with Crippen molar-refractivity contribution in [2.24, 2.45) is 0 Å². The van der Waals surface area contributed by atoms with Crippen molar-refractivity contribution in [3.8, 4) is 0 Å². The van der Waals surface area contributed by atoms with Crippen LogP contribution in [0.5, 0.6) is 0 Å². The van der Waals surface area contributed by atoms with Gasteiger partial charge in [-0.05, 0) is 26.0 Å². The van der Waals surface area contributed by atoms with E-state index in [4.69, 9.17) is 0 Å². The summed E-state index contributed by atoms with van der Waals surface area (Å²) in [5, 5.41) is 9.30. The lowest BCUT2D eigenvalue weighted by atomic mass is 9.92. The molecule has 0 atom stereocenters. The van der Waals surface area contributed by atoms with E-state index in [-0.39, 0.29) is 12.2 Å². The lowest BCUT2D eigenvalue weighted by Crippen LogP contribution is -2.53. The van der Waals surface area contributed by atoms with Crippen molar-refractivity contribution < 1.29 is 41.0 Å². The number of aliphatic hydroxyl groups is 1. The predicted molar refractivity (Wildman–Crippen MR) is 75.8 cm³/mol. The van der Waals surface area contributed by atoms with E-state index < -0.39 is 41.6 Å². The SMILES string of the molecule is CCN(C(=O)CC(C)=O)c1ccc(C(O)(C(F)(F)F)C(F)(F)F)cc1. The fraction of sp³-hybridized carbons (Fsp3) is 0.467. The van der Waals surface area contributed by atoms with E-state index in [0.717, 1.165) is 17.0 Å². The van der Waals surface area contributed by atoms with Crippen LogP contribution in [0.15, 0.2) is 24.3 Å². The van der Waals surface area contributed by atoms with Crippen molar-refractivity contribution in [2.45, 2.75) is 38.2 Å². The first-order valence-electron chi connectivity index (χ1n) is 7.01. The Hall–Kier alpha value is -2.10. The number of anilines is 1. The Labute approximate surface area is 139 Å². The summed E-state index contributed by atoms with van der Waals surface area (Å²) in [6.45, 7) is 2.74. The van der Waals surface area contributed by atoms with E-state index in [1.54, 1.807) is 0 Å². The van der Waals surface area contributed by atoms with Gasteiger partial charge in [-0.2, -0.15) is 26.3 Å². The number of benzene rings is 1. The maximum absolute atomic E-state index is 12.8. The first-order chi connectivity index (χ1) is 11.3. The number of hydrogen-bond acceptors (Lipinski definition) is 3. The average molecular weight is 371 g/mol. The molecule has 0 aromatic heterocycles. The normalized spacial score (nSPS) is 12.8. The van der Waals surface area contributed by atoms with E-state index in [1.165, 1.54) is 13.8 Å². The minimum Gasteiger partial charge on any atom is -0.369 e. The standard InChI is InChI=1S/C15H15F6NO3/c1-3-22(12(24)8-9(2)23)11-6-4-10(5-7-11)13(25,14(16,17)18)15(19,20)21/h4-7,25H,3,8H2,1-2H3. The van der Waals surface area contributed by atoms with E-state index in [1.807, 2.05) is 0 Å². The first kappa shape index (κ1) is 20.9. The third-order valence-corrected chi connectivity index (χ3v) is 3.43. The van der Waals surface area contributed by atoms with Crippen LogP contribution in [0.1, 0.15) is 25.8 Å². The monoisotopic (exact) mass is 371 g/mol. The summed E-state index contributed by atoms with van der Waals surface area (Å²) in [5.74, 6) is -1.09. The van der Waals surface area contributed by atoms with Gasteiger partial charge in [0.1, 0.15) is 5.78 Å². The largest absolute Gasteiger partial charge is 0.430 e. The number of hydrogen-bond donors (Lipinski definition) is 1. The molecule has 0 heterocycles. The van der Waals surface area contributed by atoms with Crippen LogP contribution in [0.3, 0.4) is 0 Å². The number of alkyl halides is 6. The number of amides is 1. The van der Waals surface area contributed by atoms with Crippen molar-refractivity contribution in [2.75, 3.05) is 11.4 Å². The smallest absolute Gasteiger partial charge is 0.369 e. The fourth-order valence-electron chi connectivity index (χ4n) is 2.18. The molecule has 0 radical (unpaired) electrons. The molecule has 10 heteroatoms. The molecular weight excluding hydrogens is 356 g/mol. The Morgan fingerprint density at radius 3 is 1.76 bits per heavy atom. The van der Waals surface area contributed by atoms with E-state index in [2.05, 4.69) is 0 Å². The second-order valence-electron chi connectivity index (χ2n) is 5.27. The summed E-state index contributed by atoms with van der Waals surface area (Å²) >= 11 is 0. The van der Waals surface area contributed by atoms with Crippen molar-refractivity contribution >= 4 is 17.4 Å². The lowest BCUT2D eigenvalue weighted by Gasteiger charge is -2.33. The van der Waals surface area contributed by atoms with Crippen LogP contribution in [0, 0.1) is 0 Å². The Morgan fingerprint density at radius 1 is 1.00 bits per heavy atom. The first-order valence-corrected chi connectivity index (χ1v) is 7.01. The van der Waals surface area contributed by atoms with E-state index in [9.17, 15) is 41.0 Å². The molecular formula is C15H15F6NO3. The highest BCUT2D eigenvalue weighted by molar-refractivity contribution is 6.04.